The third kappa shape index (κ3) is 5.71. The smallest absolute Gasteiger partial charge is 0.251 e. The third-order valence-electron chi connectivity index (χ3n) is 5.48. The fourth-order valence-electron chi connectivity index (χ4n) is 3.82. The van der Waals surface area contributed by atoms with Gasteiger partial charge < -0.3 is 20.1 Å². The Bertz CT molecular complexity index is 579. The van der Waals surface area contributed by atoms with Crippen LogP contribution in [-0.2, 0) is 4.74 Å². The second-order valence-corrected chi connectivity index (χ2v) is 7.52. The second kappa shape index (κ2) is 9.93. The van der Waals surface area contributed by atoms with Crippen LogP contribution in [0.4, 0.5) is 0 Å². The van der Waals surface area contributed by atoms with Gasteiger partial charge in [0.2, 0.25) is 0 Å². The average Bonchev–Trinajstić information content (AvgIpc) is 2.67. The summed E-state index contributed by atoms with van der Waals surface area (Å²) < 4.78 is 11.2. The zero-order valence-corrected chi connectivity index (χ0v) is 15.9. The van der Waals surface area contributed by atoms with Gasteiger partial charge in [0.15, 0.2) is 0 Å². The van der Waals surface area contributed by atoms with Crippen LogP contribution in [0.25, 0.3) is 0 Å². The van der Waals surface area contributed by atoms with Crippen LogP contribution in [0.15, 0.2) is 18.2 Å². The number of carbonyl (C=O) groups is 1. The lowest BCUT2D eigenvalue weighted by Crippen LogP contribution is -2.39. The Kier molecular flexibility index (Phi) is 7.32. The van der Waals surface area contributed by atoms with Gasteiger partial charge in [-0.25, -0.2) is 0 Å². The van der Waals surface area contributed by atoms with E-state index in [0.717, 1.165) is 75.0 Å². The summed E-state index contributed by atoms with van der Waals surface area (Å²) in [4.78, 5) is 12.5. The van der Waals surface area contributed by atoms with Crippen molar-refractivity contribution in [3.05, 3.63) is 29.3 Å². The number of nitrogens with one attached hydrogen (secondary N) is 2. The molecule has 1 amide bonds. The molecule has 2 saturated heterocycles. The Labute approximate surface area is 156 Å². The molecule has 26 heavy (non-hydrogen) atoms. The van der Waals surface area contributed by atoms with Gasteiger partial charge in [0.05, 0.1) is 6.61 Å². The van der Waals surface area contributed by atoms with Crippen LogP contribution in [0.3, 0.4) is 0 Å². The molecule has 3 rings (SSSR count). The average molecular weight is 360 g/mol. The Morgan fingerprint density at radius 3 is 2.73 bits per heavy atom. The van der Waals surface area contributed by atoms with E-state index in [-0.39, 0.29) is 11.9 Å². The molecule has 2 fully saturated rings. The van der Waals surface area contributed by atoms with Crippen molar-refractivity contribution in [2.75, 3.05) is 32.9 Å². The van der Waals surface area contributed by atoms with Crippen molar-refractivity contribution in [2.45, 2.75) is 51.5 Å². The van der Waals surface area contributed by atoms with E-state index in [1.54, 1.807) is 0 Å². The number of aryl methyl sites for hydroxylation is 1. The predicted octanol–water partition coefficient (Wildman–Crippen LogP) is 3.06. The first kappa shape index (κ1) is 19.2. The minimum absolute atomic E-state index is 0.00635. The van der Waals surface area contributed by atoms with E-state index in [1.165, 1.54) is 19.3 Å². The number of hydrogen-bond donors (Lipinski definition) is 2. The van der Waals surface area contributed by atoms with Crippen LogP contribution in [0.2, 0.25) is 0 Å². The minimum Gasteiger partial charge on any atom is -0.494 e. The molecule has 5 heteroatoms. The van der Waals surface area contributed by atoms with Crippen molar-refractivity contribution in [3.8, 4) is 5.75 Å². The van der Waals surface area contributed by atoms with E-state index in [4.69, 9.17) is 9.47 Å². The highest BCUT2D eigenvalue weighted by Gasteiger charge is 2.18. The molecule has 2 heterocycles. The molecule has 0 saturated carbocycles. The summed E-state index contributed by atoms with van der Waals surface area (Å²) in [6.07, 6.45) is 6.69. The highest BCUT2D eigenvalue weighted by Crippen LogP contribution is 2.20. The monoisotopic (exact) mass is 360 g/mol. The van der Waals surface area contributed by atoms with Crippen molar-refractivity contribution in [3.63, 3.8) is 0 Å². The predicted molar refractivity (Wildman–Crippen MR) is 103 cm³/mol. The van der Waals surface area contributed by atoms with Crippen LogP contribution in [0, 0.1) is 12.8 Å². The number of benzene rings is 1. The Hall–Kier alpha value is -1.59. The van der Waals surface area contributed by atoms with Crippen LogP contribution < -0.4 is 15.4 Å². The minimum atomic E-state index is 0.00635. The summed E-state index contributed by atoms with van der Waals surface area (Å²) in [7, 11) is 0. The number of rotatable bonds is 7. The molecule has 2 aliphatic rings. The lowest BCUT2D eigenvalue weighted by molar-refractivity contribution is 0.0696. The molecule has 144 valence electrons. The van der Waals surface area contributed by atoms with Crippen molar-refractivity contribution < 1.29 is 14.3 Å². The first-order valence-electron chi connectivity index (χ1n) is 10.0. The third-order valence-corrected chi connectivity index (χ3v) is 5.48. The van der Waals surface area contributed by atoms with Crippen molar-refractivity contribution in [1.29, 1.82) is 0 Å². The summed E-state index contributed by atoms with van der Waals surface area (Å²) in [5.74, 6) is 1.71. The van der Waals surface area contributed by atoms with E-state index in [2.05, 4.69) is 10.6 Å². The van der Waals surface area contributed by atoms with Gasteiger partial charge in [0.25, 0.3) is 5.91 Å². The molecule has 0 radical (unpaired) electrons. The number of amides is 1. The lowest BCUT2D eigenvalue weighted by Gasteiger charge is -2.23. The molecule has 2 N–H and O–H groups in total. The van der Waals surface area contributed by atoms with Crippen LogP contribution >= 0.6 is 0 Å². The quantitative estimate of drug-likeness (QED) is 0.734. The summed E-state index contributed by atoms with van der Waals surface area (Å²) in [5.41, 5.74) is 1.70. The molecule has 2 aliphatic heterocycles. The SMILES string of the molecule is Cc1cc(OCCCC2CCNCC2)ccc1C(=O)NC1CCOCC1. The topological polar surface area (TPSA) is 59.6 Å². The van der Waals surface area contributed by atoms with Crippen molar-refractivity contribution >= 4 is 5.91 Å². The molecule has 5 nitrogen and oxygen atoms in total. The molecule has 0 aliphatic carbocycles. The number of ether oxygens (including phenoxy) is 2. The molecule has 1 aromatic carbocycles. The zero-order chi connectivity index (χ0) is 18.2. The largest absolute Gasteiger partial charge is 0.494 e. The van der Waals surface area contributed by atoms with E-state index in [0.29, 0.717) is 0 Å². The molecule has 0 atom stereocenters. The van der Waals surface area contributed by atoms with Crippen LogP contribution in [-0.4, -0.2) is 44.9 Å². The maximum Gasteiger partial charge on any atom is 0.251 e. The molecule has 0 bridgehead atoms. The maximum absolute atomic E-state index is 12.5. The van der Waals surface area contributed by atoms with Gasteiger partial charge in [0.1, 0.15) is 5.75 Å². The summed E-state index contributed by atoms with van der Waals surface area (Å²) in [6.45, 7) is 6.49. The van der Waals surface area contributed by atoms with Crippen LogP contribution in [0.5, 0.6) is 5.75 Å². The number of carbonyl (C=O) groups excluding carboxylic acids is 1. The summed E-state index contributed by atoms with van der Waals surface area (Å²) in [6, 6.07) is 5.99. The normalized spacial score (nSPS) is 19.3. The van der Waals surface area contributed by atoms with Gasteiger partial charge >= 0.3 is 0 Å². The maximum atomic E-state index is 12.5. The van der Waals surface area contributed by atoms with Gasteiger partial charge in [-0.3, -0.25) is 4.79 Å². The van der Waals surface area contributed by atoms with Gasteiger partial charge in [-0.05, 0) is 88.2 Å². The van der Waals surface area contributed by atoms with E-state index in [1.807, 2.05) is 25.1 Å². The van der Waals surface area contributed by atoms with Crippen molar-refractivity contribution in [2.24, 2.45) is 5.92 Å². The molecule has 0 spiro atoms. The highest BCUT2D eigenvalue weighted by molar-refractivity contribution is 5.96. The highest BCUT2D eigenvalue weighted by atomic mass is 16.5. The first-order valence-corrected chi connectivity index (χ1v) is 10.0. The Balaban J connectivity index is 1.43. The molecule has 0 aromatic heterocycles. The van der Waals surface area contributed by atoms with E-state index >= 15 is 0 Å². The van der Waals surface area contributed by atoms with E-state index in [9.17, 15) is 4.79 Å². The van der Waals surface area contributed by atoms with Gasteiger partial charge in [-0.2, -0.15) is 0 Å². The summed E-state index contributed by atoms with van der Waals surface area (Å²) >= 11 is 0. The molecule has 1 aromatic rings. The first-order chi connectivity index (χ1) is 12.7. The van der Waals surface area contributed by atoms with Gasteiger partial charge in [-0.15, -0.1) is 0 Å². The Morgan fingerprint density at radius 1 is 1.23 bits per heavy atom. The van der Waals surface area contributed by atoms with Crippen molar-refractivity contribution in [1.82, 2.24) is 10.6 Å². The van der Waals surface area contributed by atoms with Gasteiger partial charge in [-0.1, -0.05) is 0 Å². The van der Waals surface area contributed by atoms with Crippen LogP contribution in [0.1, 0.15) is 54.4 Å². The van der Waals surface area contributed by atoms with E-state index < -0.39 is 0 Å². The summed E-state index contributed by atoms with van der Waals surface area (Å²) in [5, 5.41) is 6.53. The molecular formula is C21H32N2O3. The lowest BCUT2D eigenvalue weighted by atomic mass is 9.93. The fraction of sp³-hybridized carbons (Fsp3) is 0.667. The molecular weight excluding hydrogens is 328 g/mol. The molecule has 0 unspecified atom stereocenters. The Morgan fingerprint density at radius 2 is 2.00 bits per heavy atom. The number of hydrogen-bond acceptors (Lipinski definition) is 4. The second-order valence-electron chi connectivity index (χ2n) is 7.52. The zero-order valence-electron chi connectivity index (χ0n) is 15.9. The number of piperidine rings is 1. The fourth-order valence-corrected chi connectivity index (χ4v) is 3.82. The standard InChI is InChI=1S/C21H32N2O3/c1-16-15-19(26-12-2-3-17-6-10-22-11-7-17)4-5-20(16)21(24)23-18-8-13-25-14-9-18/h4-5,15,17-18,22H,2-3,6-14H2,1H3,(H,23,24). The van der Waals surface area contributed by atoms with Gasteiger partial charge in [0, 0.05) is 24.8 Å².